The molecule has 1 aliphatic carbocycles. The Morgan fingerprint density at radius 2 is 1.97 bits per heavy atom. The number of piperidine rings is 1. The van der Waals surface area contributed by atoms with E-state index in [9.17, 15) is 14.7 Å². The van der Waals surface area contributed by atoms with E-state index in [0.29, 0.717) is 27.7 Å². The normalized spacial score (nSPS) is 22.0. The molecular weight excluding hydrogens is 467 g/mol. The van der Waals surface area contributed by atoms with Gasteiger partial charge in [0, 0.05) is 22.6 Å². The summed E-state index contributed by atoms with van der Waals surface area (Å²) in [6.45, 7) is 0.180. The first-order valence-corrected chi connectivity index (χ1v) is 11.2. The monoisotopic (exact) mass is 486 g/mol. The minimum atomic E-state index is -1.38. The molecule has 0 unspecified atom stereocenters. The van der Waals surface area contributed by atoms with Crippen molar-refractivity contribution < 1.29 is 14.7 Å². The molecule has 2 amide bonds. The Bertz CT molecular complexity index is 1200. The molecule has 9 nitrogen and oxygen atoms in total. The summed E-state index contributed by atoms with van der Waals surface area (Å²) in [5.41, 5.74) is 1.81. The average molecular weight is 487 g/mol. The van der Waals surface area contributed by atoms with Gasteiger partial charge in [0.1, 0.15) is 12.4 Å². The van der Waals surface area contributed by atoms with Crippen LogP contribution in [0.4, 0.5) is 0 Å². The van der Waals surface area contributed by atoms with Crippen LogP contribution in [-0.4, -0.2) is 54.1 Å². The molecule has 1 saturated carbocycles. The van der Waals surface area contributed by atoms with Crippen LogP contribution in [0.2, 0.25) is 10.0 Å². The van der Waals surface area contributed by atoms with E-state index in [1.165, 1.54) is 15.9 Å². The van der Waals surface area contributed by atoms with Crippen LogP contribution in [0.15, 0.2) is 48.8 Å². The van der Waals surface area contributed by atoms with Crippen LogP contribution in [-0.2, 0) is 16.1 Å². The molecule has 2 aromatic carbocycles. The average Bonchev–Trinajstić information content (AvgIpc) is 3.20. The summed E-state index contributed by atoms with van der Waals surface area (Å²) in [5.74, 6) is -0.491. The SMILES string of the molecule is O=C(NCc1cc(Cl)ccc1-n1cnnn1)[C@@H]1C[C@@H]2C[C@@H]2N1C(=O)[C@H](O)c1cccc(Cl)c1. The number of tetrazole rings is 1. The smallest absolute Gasteiger partial charge is 0.256 e. The second-order valence-corrected chi connectivity index (χ2v) is 9.14. The van der Waals surface area contributed by atoms with Crippen molar-refractivity contribution in [3.8, 4) is 5.69 Å². The molecule has 0 spiro atoms. The number of likely N-dealkylation sites (tertiary alicyclic amines) is 1. The van der Waals surface area contributed by atoms with Gasteiger partial charge in [0.2, 0.25) is 5.91 Å². The predicted octanol–water partition coefficient (Wildman–Crippen LogP) is 2.31. The van der Waals surface area contributed by atoms with Crippen molar-refractivity contribution in [3.63, 3.8) is 0 Å². The number of rotatable bonds is 6. The molecule has 2 fully saturated rings. The minimum Gasteiger partial charge on any atom is -0.378 e. The third-order valence-corrected chi connectivity index (χ3v) is 6.62. The van der Waals surface area contributed by atoms with E-state index in [1.54, 1.807) is 42.5 Å². The van der Waals surface area contributed by atoms with Gasteiger partial charge in [-0.05, 0) is 70.6 Å². The number of hydrogen-bond acceptors (Lipinski definition) is 6. The van der Waals surface area contributed by atoms with E-state index in [4.69, 9.17) is 23.2 Å². The molecule has 5 rings (SSSR count). The molecule has 1 aliphatic heterocycles. The van der Waals surface area contributed by atoms with Crippen LogP contribution in [0.1, 0.15) is 30.1 Å². The second kappa shape index (κ2) is 8.74. The molecule has 0 bridgehead atoms. The highest BCUT2D eigenvalue weighted by molar-refractivity contribution is 6.31. The Labute approximate surface area is 199 Å². The van der Waals surface area contributed by atoms with Crippen molar-refractivity contribution in [1.29, 1.82) is 0 Å². The molecule has 2 N–H and O–H groups in total. The third-order valence-electron chi connectivity index (χ3n) is 6.15. The third kappa shape index (κ3) is 4.31. The summed E-state index contributed by atoms with van der Waals surface area (Å²) in [4.78, 5) is 27.8. The standard InChI is InChI=1S/C22H20Cl2N6O3/c23-15-3-1-2-12(6-15)20(31)22(33)30-18-8-13(18)9-19(30)21(32)25-10-14-7-16(24)4-5-17(14)29-11-26-27-28-29/h1-7,11,13,18-20,31H,8-10H2,(H,25,32)/t13-,18-,19-,20+/m0/s1. The van der Waals surface area contributed by atoms with E-state index in [1.807, 2.05) is 0 Å². The first-order valence-electron chi connectivity index (χ1n) is 10.5. The lowest BCUT2D eigenvalue weighted by Crippen LogP contribution is -2.49. The number of aliphatic hydroxyl groups excluding tert-OH is 1. The van der Waals surface area contributed by atoms with Crippen LogP contribution < -0.4 is 5.32 Å². The molecule has 170 valence electrons. The van der Waals surface area contributed by atoms with Gasteiger partial charge in [-0.25, -0.2) is 4.68 Å². The number of hydrogen-bond donors (Lipinski definition) is 2. The van der Waals surface area contributed by atoms with Crippen LogP contribution in [0.25, 0.3) is 5.69 Å². The van der Waals surface area contributed by atoms with Gasteiger partial charge >= 0.3 is 0 Å². The summed E-state index contributed by atoms with van der Waals surface area (Å²) in [5, 5.41) is 25.7. The number of carbonyl (C=O) groups is 2. The van der Waals surface area contributed by atoms with Gasteiger partial charge in [-0.1, -0.05) is 35.3 Å². The molecule has 2 aliphatic rings. The minimum absolute atomic E-state index is 0.0231. The van der Waals surface area contributed by atoms with E-state index < -0.39 is 18.1 Å². The van der Waals surface area contributed by atoms with Gasteiger partial charge in [-0.2, -0.15) is 0 Å². The van der Waals surface area contributed by atoms with Crippen molar-refractivity contribution in [3.05, 3.63) is 70.0 Å². The highest BCUT2D eigenvalue weighted by Crippen LogP contribution is 2.48. The Morgan fingerprint density at radius 1 is 1.15 bits per heavy atom. The zero-order chi connectivity index (χ0) is 23.1. The molecule has 3 aromatic rings. The van der Waals surface area contributed by atoms with Crippen molar-refractivity contribution in [2.24, 2.45) is 5.92 Å². The Kier molecular flexibility index (Phi) is 5.77. The maximum atomic E-state index is 13.1. The van der Waals surface area contributed by atoms with Crippen LogP contribution in [0.3, 0.4) is 0 Å². The fourth-order valence-corrected chi connectivity index (χ4v) is 4.85. The van der Waals surface area contributed by atoms with E-state index in [-0.39, 0.29) is 24.4 Å². The van der Waals surface area contributed by atoms with Crippen LogP contribution in [0, 0.1) is 5.92 Å². The number of fused-ring (bicyclic) bond motifs is 1. The molecular formula is C22H20Cl2N6O3. The number of aromatic nitrogens is 4. The second-order valence-electron chi connectivity index (χ2n) is 8.26. The van der Waals surface area contributed by atoms with E-state index >= 15 is 0 Å². The Hall–Kier alpha value is -3.01. The maximum absolute atomic E-state index is 13.1. The Morgan fingerprint density at radius 3 is 2.73 bits per heavy atom. The highest BCUT2D eigenvalue weighted by atomic mass is 35.5. The van der Waals surface area contributed by atoms with Gasteiger partial charge in [-0.15, -0.1) is 5.10 Å². The van der Waals surface area contributed by atoms with Crippen LogP contribution >= 0.6 is 23.2 Å². The number of amides is 2. The number of benzene rings is 2. The summed E-state index contributed by atoms with van der Waals surface area (Å²) in [6.07, 6.45) is 1.49. The number of nitrogens with zero attached hydrogens (tertiary/aromatic N) is 5. The van der Waals surface area contributed by atoms with E-state index in [2.05, 4.69) is 20.8 Å². The summed E-state index contributed by atoms with van der Waals surface area (Å²) < 4.78 is 1.49. The lowest BCUT2D eigenvalue weighted by atomic mass is 10.1. The number of aliphatic hydroxyl groups is 1. The topological polar surface area (TPSA) is 113 Å². The first-order chi connectivity index (χ1) is 15.9. The van der Waals surface area contributed by atoms with Gasteiger partial charge in [0.15, 0.2) is 6.10 Å². The van der Waals surface area contributed by atoms with Gasteiger partial charge in [0.25, 0.3) is 5.91 Å². The molecule has 1 saturated heterocycles. The van der Waals surface area contributed by atoms with Gasteiger partial charge < -0.3 is 15.3 Å². The fraction of sp³-hybridized carbons (Fsp3) is 0.318. The number of carbonyl (C=O) groups excluding carboxylic acids is 2. The first kappa shape index (κ1) is 21.8. The lowest BCUT2D eigenvalue weighted by molar-refractivity contribution is -0.147. The van der Waals surface area contributed by atoms with Crippen molar-refractivity contribution in [2.75, 3.05) is 0 Å². The predicted molar refractivity (Wildman–Crippen MR) is 120 cm³/mol. The van der Waals surface area contributed by atoms with Crippen LogP contribution in [0.5, 0.6) is 0 Å². The maximum Gasteiger partial charge on any atom is 0.256 e. The molecule has 4 atom stereocenters. The summed E-state index contributed by atoms with van der Waals surface area (Å²) in [7, 11) is 0. The molecule has 2 heterocycles. The highest BCUT2D eigenvalue weighted by Gasteiger charge is 2.56. The zero-order valence-corrected chi connectivity index (χ0v) is 18.8. The van der Waals surface area contributed by atoms with Gasteiger partial charge in [-0.3, -0.25) is 9.59 Å². The fourth-order valence-electron chi connectivity index (χ4n) is 4.46. The summed E-state index contributed by atoms with van der Waals surface area (Å²) in [6, 6.07) is 11.1. The van der Waals surface area contributed by atoms with Crippen molar-refractivity contribution in [2.45, 2.75) is 37.6 Å². The Balaban J connectivity index is 1.31. The zero-order valence-electron chi connectivity index (χ0n) is 17.3. The quantitative estimate of drug-likeness (QED) is 0.552. The number of nitrogens with one attached hydrogen (secondary N) is 1. The van der Waals surface area contributed by atoms with Crippen molar-refractivity contribution >= 4 is 35.0 Å². The summed E-state index contributed by atoms with van der Waals surface area (Å²) >= 11 is 12.2. The lowest BCUT2D eigenvalue weighted by Gasteiger charge is -2.29. The molecule has 11 heteroatoms. The number of halogens is 2. The molecule has 1 aromatic heterocycles. The van der Waals surface area contributed by atoms with Crippen molar-refractivity contribution in [1.82, 2.24) is 30.4 Å². The van der Waals surface area contributed by atoms with Gasteiger partial charge in [0.05, 0.1) is 5.69 Å². The van der Waals surface area contributed by atoms with E-state index in [0.717, 1.165) is 12.0 Å². The largest absolute Gasteiger partial charge is 0.378 e. The molecule has 33 heavy (non-hydrogen) atoms. The molecule has 0 radical (unpaired) electrons.